The van der Waals surface area contributed by atoms with E-state index in [2.05, 4.69) is 11.9 Å². The van der Waals surface area contributed by atoms with E-state index in [9.17, 15) is 4.79 Å². The van der Waals surface area contributed by atoms with Crippen molar-refractivity contribution in [2.45, 2.75) is 31.3 Å². The first-order valence-electron chi connectivity index (χ1n) is 10.5. The lowest BCUT2D eigenvalue weighted by molar-refractivity contribution is -0.115. The molecule has 1 aromatic heterocycles. The van der Waals surface area contributed by atoms with Gasteiger partial charge in [0.15, 0.2) is 11.5 Å². The lowest BCUT2D eigenvalue weighted by atomic mass is 10.0. The van der Waals surface area contributed by atoms with E-state index in [4.69, 9.17) is 14.6 Å². The average Bonchev–Trinajstić information content (AvgIpc) is 3.03. The van der Waals surface area contributed by atoms with Crippen molar-refractivity contribution in [1.82, 2.24) is 9.78 Å². The molecule has 0 bridgehead atoms. The smallest absolute Gasteiger partial charge is 0.238 e. The summed E-state index contributed by atoms with van der Waals surface area (Å²) in [6.07, 6.45) is 1.70. The maximum Gasteiger partial charge on any atom is 0.238 e. The Kier molecular flexibility index (Phi) is 6.28. The summed E-state index contributed by atoms with van der Waals surface area (Å²) in [5, 5.41) is 7.62. The maximum absolute atomic E-state index is 12.9. The first-order valence-corrected chi connectivity index (χ1v) is 11.4. The molecule has 4 rings (SSSR count). The summed E-state index contributed by atoms with van der Waals surface area (Å²) in [5.41, 5.74) is 4.92. The van der Waals surface area contributed by atoms with Crippen molar-refractivity contribution in [2.24, 2.45) is 0 Å². The first-order chi connectivity index (χ1) is 15.4. The van der Waals surface area contributed by atoms with E-state index in [0.29, 0.717) is 18.1 Å². The number of carbonyl (C=O) groups is 1. The number of hydrogen-bond donors (Lipinski definition) is 1. The number of hydrogen-bond acceptors (Lipinski definition) is 5. The summed E-state index contributed by atoms with van der Waals surface area (Å²) in [6.45, 7) is 10.1. The Bertz CT molecular complexity index is 1170. The van der Waals surface area contributed by atoms with E-state index in [0.717, 1.165) is 33.9 Å². The zero-order valence-electron chi connectivity index (χ0n) is 18.7. The van der Waals surface area contributed by atoms with Crippen LogP contribution >= 0.6 is 11.8 Å². The Morgan fingerprint density at radius 1 is 1.22 bits per heavy atom. The normalized spacial score (nSPS) is 17.8. The van der Waals surface area contributed by atoms with Gasteiger partial charge in [-0.3, -0.25) is 4.79 Å². The van der Waals surface area contributed by atoms with Gasteiger partial charge in [0, 0.05) is 5.56 Å². The number of benzene rings is 2. The minimum atomic E-state index is -0.236. The summed E-state index contributed by atoms with van der Waals surface area (Å²) in [6, 6.07) is 13.9. The molecule has 0 saturated carbocycles. The Balaban J connectivity index is 1.86. The van der Waals surface area contributed by atoms with Crippen LogP contribution in [-0.2, 0) is 4.79 Å². The van der Waals surface area contributed by atoms with Gasteiger partial charge >= 0.3 is 0 Å². The van der Waals surface area contributed by atoms with Crippen LogP contribution in [0.25, 0.3) is 5.69 Å². The van der Waals surface area contributed by atoms with Crippen LogP contribution in [0.4, 0.5) is 5.82 Å². The van der Waals surface area contributed by atoms with Crippen molar-refractivity contribution >= 4 is 23.5 Å². The number of rotatable bonds is 6. The Hall–Kier alpha value is -3.19. The number of aromatic nitrogens is 2. The second-order valence-electron chi connectivity index (χ2n) is 7.70. The highest BCUT2D eigenvalue weighted by Gasteiger charge is 2.34. The molecule has 0 radical (unpaired) electrons. The van der Waals surface area contributed by atoms with Gasteiger partial charge in [-0.1, -0.05) is 36.9 Å². The fourth-order valence-corrected chi connectivity index (χ4v) is 5.17. The predicted octanol–water partition coefficient (Wildman–Crippen LogP) is 5.23. The van der Waals surface area contributed by atoms with Crippen molar-refractivity contribution in [3.05, 3.63) is 77.5 Å². The number of carbonyl (C=O) groups excluding carboxylic acids is 1. The SMILES string of the molecule is C=CCOc1ccc(C2SC(C)C(=O)Nc3c2c(C)nn3-c2ccccc2C)cc1OC. The molecule has 32 heavy (non-hydrogen) atoms. The highest BCUT2D eigenvalue weighted by Crippen LogP contribution is 2.47. The predicted molar refractivity (Wildman–Crippen MR) is 129 cm³/mol. The van der Waals surface area contributed by atoms with E-state index >= 15 is 0 Å². The highest BCUT2D eigenvalue weighted by molar-refractivity contribution is 8.01. The van der Waals surface area contributed by atoms with Crippen molar-refractivity contribution < 1.29 is 14.3 Å². The Morgan fingerprint density at radius 2 is 2.00 bits per heavy atom. The number of fused-ring (bicyclic) bond motifs is 1. The number of nitrogens with one attached hydrogen (secondary N) is 1. The van der Waals surface area contributed by atoms with E-state index < -0.39 is 0 Å². The van der Waals surface area contributed by atoms with Crippen LogP contribution in [0.5, 0.6) is 11.5 Å². The summed E-state index contributed by atoms with van der Waals surface area (Å²) < 4.78 is 13.2. The van der Waals surface area contributed by atoms with Gasteiger partial charge in [-0.15, -0.1) is 11.8 Å². The topological polar surface area (TPSA) is 65.4 Å². The van der Waals surface area contributed by atoms with E-state index in [-0.39, 0.29) is 16.4 Å². The van der Waals surface area contributed by atoms with Crippen LogP contribution in [0.2, 0.25) is 0 Å². The molecule has 2 heterocycles. The molecule has 1 aliphatic heterocycles. The number of para-hydroxylation sites is 1. The monoisotopic (exact) mass is 449 g/mol. The largest absolute Gasteiger partial charge is 0.493 e. The number of ether oxygens (including phenoxy) is 2. The number of aryl methyl sites for hydroxylation is 2. The summed E-state index contributed by atoms with van der Waals surface area (Å²) in [7, 11) is 1.63. The van der Waals surface area contributed by atoms with Crippen molar-refractivity contribution in [3.8, 4) is 17.2 Å². The third-order valence-electron chi connectivity index (χ3n) is 5.51. The molecule has 2 unspecified atom stereocenters. The van der Waals surface area contributed by atoms with E-state index in [1.807, 2.05) is 67.9 Å². The number of nitrogens with zero attached hydrogens (tertiary/aromatic N) is 2. The molecule has 6 nitrogen and oxygen atoms in total. The zero-order chi connectivity index (χ0) is 22.8. The quantitative estimate of drug-likeness (QED) is 0.522. The number of amides is 1. The van der Waals surface area contributed by atoms with E-state index in [1.165, 1.54) is 0 Å². The van der Waals surface area contributed by atoms with Crippen LogP contribution in [0.15, 0.2) is 55.1 Å². The number of thioether (sulfide) groups is 1. The summed E-state index contributed by atoms with van der Waals surface area (Å²) in [4.78, 5) is 12.9. The molecule has 2 atom stereocenters. The number of anilines is 1. The van der Waals surface area contributed by atoms with Crippen molar-refractivity contribution in [2.75, 3.05) is 19.0 Å². The first kappa shape index (κ1) is 22.0. The molecule has 166 valence electrons. The molecule has 7 heteroatoms. The van der Waals surface area contributed by atoms with E-state index in [1.54, 1.807) is 24.9 Å². The lowest BCUT2D eigenvalue weighted by Gasteiger charge is -2.19. The van der Waals surface area contributed by atoms with Crippen LogP contribution < -0.4 is 14.8 Å². The van der Waals surface area contributed by atoms with Gasteiger partial charge in [0.1, 0.15) is 12.4 Å². The van der Waals surface area contributed by atoms with Crippen molar-refractivity contribution in [3.63, 3.8) is 0 Å². The second kappa shape index (κ2) is 9.12. The molecular weight excluding hydrogens is 422 g/mol. The molecule has 1 amide bonds. The number of methoxy groups -OCH3 is 1. The Morgan fingerprint density at radius 3 is 2.72 bits per heavy atom. The standard InChI is InChI=1S/C25H27N3O3S/c1-6-13-31-20-12-11-18(14-21(20)30-5)23-22-16(3)27-28(19-10-8-7-9-15(19)2)24(22)26-25(29)17(4)32-23/h6-12,14,17,23H,1,13H2,2-5H3,(H,26,29). The van der Waals surface area contributed by atoms with Gasteiger partial charge in [0.05, 0.1) is 29.0 Å². The third kappa shape index (κ3) is 4.00. The minimum Gasteiger partial charge on any atom is -0.493 e. The average molecular weight is 450 g/mol. The van der Waals surface area contributed by atoms with Gasteiger partial charge in [-0.2, -0.15) is 5.10 Å². The molecule has 0 aliphatic carbocycles. The van der Waals surface area contributed by atoms with Gasteiger partial charge in [0.25, 0.3) is 0 Å². The van der Waals surface area contributed by atoms with Gasteiger partial charge in [0.2, 0.25) is 5.91 Å². The lowest BCUT2D eigenvalue weighted by Crippen LogP contribution is -2.22. The van der Waals surface area contributed by atoms with Crippen molar-refractivity contribution in [1.29, 1.82) is 0 Å². The van der Waals surface area contributed by atoms with Crippen LogP contribution in [-0.4, -0.2) is 34.7 Å². The summed E-state index contributed by atoms with van der Waals surface area (Å²) >= 11 is 1.60. The fourth-order valence-electron chi connectivity index (χ4n) is 3.86. The minimum absolute atomic E-state index is 0.0358. The van der Waals surface area contributed by atoms with Crippen LogP contribution in [0.3, 0.4) is 0 Å². The molecular formula is C25H27N3O3S. The molecule has 0 saturated heterocycles. The molecule has 0 fully saturated rings. The van der Waals surface area contributed by atoms with Crippen LogP contribution in [0, 0.1) is 13.8 Å². The zero-order valence-corrected chi connectivity index (χ0v) is 19.5. The maximum atomic E-state index is 12.9. The third-order valence-corrected chi connectivity index (χ3v) is 6.91. The second-order valence-corrected chi connectivity index (χ2v) is 9.15. The molecule has 1 aliphatic rings. The van der Waals surface area contributed by atoms with Gasteiger partial charge in [-0.25, -0.2) is 4.68 Å². The molecule has 3 aromatic rings. The molecule has 2 aromatic carbocycles. The molecule has 0 spiro atoms. The molecule has 1 N–H and O–H groups in total. The van der Waals surface area contributed by atoms with Crippen LogP contribution in [0.1, 0.15) is 34.6 Å². The van der Waals surface area contributed by atoms with Gasteiger partial charge in [-0.05, 0) is 50.1 Å². The van der Waals surface area contributed by atoms with Gasteiger partial charge < -0.3 is 14.8 Å². The summed E-state index contributed by atoms with van der Waals surface area (Å²) in [5.74, 6) is 1.98. The Labute approximate surface area is 192 Å². The highest BCUT2D eigenvalue weighted by atomic mass is 32.2. The fraction of sp³-hybridized carbons (Fsp3) is 0.280.